The third-order valence-corrected chi connectivity index (χ3v) is 6.26. The van der Waals surface area contributed by atoms with Crippen molar-refractivity contribution in [3.05, 3.63) is 105 Å². The Hall–Kier alpha value is -3.51. The minimum atomic E-state index is -0.275. The Labute approximate surface area is 190 Å². The van der Waals surface area contributed by atoms with Gasteiger partial charge in [0.25, 0.3) is 0 Å². The molecule has 33 heavy (non-hydrogen) atoms. The molecular weight excluding hydrogens is 420 g/mol. The summed E-state index contributed by atoms with van der Waals surface area (Å²) in [4.78, 5) is 17.5. The molecule has 3 aromatic carbocycles. The molecular formula is C27H25F2N3O. The van der Waals surface area contributed by atoms with Crippen LogP contribution >= 0.6 is 0 Å². The van der Waals surface area contributed by atoms with Gasteiger partial charge in [-0.2, -0.15) is 0 Å². The minimum Gasteiger partial charge on any atom is -0.308 e. The first-order valence-electron chi connectivity index (χ1n) is 11.1. The highest BCUT2D eigenvalue weighted by Gasteiger charge is 2.19. The Morgan fingerprint density at radius 2 is 1.58 bits per heavy atom. The van der Waals surface area contributed by atoms with Gasteiger partial charge < -0.3 is 9.88 Å². The summed E-state index contributed by atoms with van der Waals surface area (Å²) in [5, 5.41) is 0. The molecule has 1 aliphatic carbocycles. The monoisotopic (exact) mass is 445 g/mol. The van der Waals surface area contributed by atoms with Crippen LogP contribution in [-0.4, -0.2) is 35.1 Å². The van der Waals surface area contributed by atoms with Crippen LogP contribution < -0.4 is 5.69 Å². The van der Waals surface area contributed by atoms with E-state index in [0.29, 0.717) is 19.4 Å². The van der Waals surface area contributed by atoms with Gasteiger partial charge in [0, 0.05) is 13.1 Å². The lowest BCUT2D eigenvalue weighted by Crippen LogP contribution is -2.24. The molecule has 1 aromatic heterocycles. The number of halogens is 2. The standard InChI is InChI=1S/C27H25F2N3O/c1-31(2)11-12-32-26-10-3-17(14-25(26)30-27(32)33)13-24-22-8-6-20(28)15-18(22)4-5-19-16-21(29)7-9-23(19)24/h3,6-10,13-16H,4-5,11-12H2,1-2H3,(H,30,33). The predicted octanol–water partition coefficient (Wildman–Crippen LogP) is 4.86. The predicted molar refractivity (Wildman–Crippen MR) is 128 cm³/mol. The highest BCUT2D eigenvalue weighted by Crippen LogP contribution is 2.36. The second kappa shape index (κ2) is 8.45. The molecule has 0 radical (unpaired) electrons. The van der Waals surface area contributed by atoms with Crippen LogP contribution in [0.4, 0.5) is 8.78 Å². The Balaban J connectivity index is 1.65. The first-order chi connectivity index (χ1) is 15.9. The van der Waals surface area contributed by atoms with Crippen molar-refractivity contribution in [1.29, 1.82) is 0 Å². The Kier molecular flexibility index (Phi) is 5.46. The molecule has 1 aliphatic rings. The van der Waals surface area contributed by atoms with Gasteiger partial charge in [-0.25, -0.2) is 13.6 Å². The van der Waals surface area contributed by atoms with Crippen molar-refractivity contribution in [2.45, 2.75) is 19.4 Å². The van der Waals surface area contributed by atoms with Crippen molar-refractivity contribution in [3.8, 4) is 0 Å². The zero-order valence-corrected chi connectivity index (χ0v) is 18.7. The number of hydrogen-bond acceptors (Lipinski definition) is 2. The lowest BCUT2D eigenvalue weighted by Gasteiger charge is -2.13. The molecule has 4 nitrogen and oxygen atoms in total. The average Bonchev–Trinajstić information content (AvgIpc) is 3.01. The zero-order valence-electron chi connectivity index (χ0n) is 18.7. The number of nitrogens with zero attached hydrogens (tertiary/aromatic N) is 2. The number of hydrogen-bond donors (Lipinski definition) is 1. The number of rotatable bonds is 4. The molecule has 0 unspecified atom stereocenters. The maximum absolute atomic E-state index is 14.0. The fourth-order valence-electron chi connectivity index (χ4n) is 4.59. The van der Waals surface area contributed by atoms with Crippen molar-refractivity contribution in [2.24, 2.45) is 0 Å². The van der Waals surface area contributed by atoms with Gasteiger partial charge in [0.2, 0.25) is 0 Å². The number of H-pyrrole nitrogens is 1. The Bertz CT molecular complexity index is 1390. The van der Waals surface area contributed by atoms with Crippen molar-refractivity contribution in [1.82, 2.24) is 14.5 Å². The van der Waals surface area contributed by atoms with Crippen LogP contribution in [0.1, 0.15) is 27.8 Å². The number of likely N-dealkylation sites (N-methyl/N-ethyl adjacent to an activating group) is 1. The summed E-state index contributed by atoms with van der Waals surface area (Å²) in [5.41, 5.74) is 7.02. The highest BCUT2D eigenvalue weighted by molar-refractivity contribution is 5.95. The highest BCUT2D eigenvalue weighted by atomic mass is 19.1. The van der Waals surface area contributed by atoms with Crippen LogP contribution in [0.25, 0.3) is 22.7 Å². The van der Waals surface area contributed by atoms with Crippen LogP contribution in [0.2, 0.25) is 0 Å². The molecule has 0 atom stereocenters. The van der Waals surface area contributed by atoms with E-state index in [1.54, 1.807) is 28.8 Å². The topological polar surface area (TPSA) is 41.0 Å². The van der Waals surface area contributed by atoms with Crippen LogP contribution in [0, 0.1) is 11.6 Å². The molecule has 4 aromatic rings. The molecule has 0 aliphatic heterocycles. The molecule has 0 bridgehead atoms. The largest absolute Gasteiger partial charge is 0.326 e. The molecule has 0 fully saturated rings. The van der Waals surface area contributed by atoms with Gasteiger partial charge in [-0.15, -0.1) is 0 Å². The summed E-state index contributed by atoms with van der Waals surface area (Å²) in [6, 6.07) is 15.5. The molecule has 0 amide bonds. The SMILES string of the molecule is CN(C)CCn1c(=O)[nH]c2cc(C=C3c4ccc(F)cc4CCc4cc(F)ccc43)ccc21. The molecule has 0 spiro atoms. The molecule has 0 saturated heterocycles. The molecule has 6 heteroatoms. The van der Waals surface area contributed by atoms with Gasteiger partial charge in [-0.3, -0.25) is 4.57 Å². The second-order valence-corrected chi connectivity index (χ2v) is 8.82. The van der Waals surface area contributed by atoms with Crippen molar-refractivity contribution in [3.63, 3.8) is 0 Å². The third kappa shape index (κ3) is 4.14. The summed E-state index contributed by atoms with van der Waals surface area (Å²) >= 11 is 0. The number of fused-ring (bicyclic) bond motifs is 3. The summed E-state index contributed by atoms with van der Waals surface area (Å²) < 4.78 is 29.7. The number of benzene rings is 3. The first-order valence-corrected chi connectivity index (χ1v) is 11.1. The zero-order chi connectivity index (χ0) is 23.1. The maximum Gasteiger partial charge on any atom is 0.326 e. The Morgan fingerprint density at radius 3 is 2.18 bits per heavy atom. The van der Waals surface area contributed by atoms with Crippen molar-refractivity contribution < 1.29 is 8.78 Å². The third-order valence-electron chi connectivity index (χ3n) is 6.26. The summed E-state index contributed by atoms with van der Waals surface area (Å²) in [6.45, 7) is 1.36. The number of aromatic nitrogens is 2. The van der Waals surface area contributed by atoms with E-state index in [1.807, 2.05) is 43.3 Å². The van der Waals surface area contributed by atoms with Gasteiger partial charge in [0.15, 0.2) is 0 Å². The molecule has 1 N–H and O–H groups in total. The molecule has 1 heterocycles. The smallest absolute Gasteiger partial charge is 0.308 e. The number of imidazole rings is 1. The first kappa shape index (κ1) is 21.3. The van der Waals surface area contributed by atoms with E-state index in [-0.39, 0.29) is 17.3 Å². The number of aryl methyl sites for hydroxylation is 2. The lowest BCUT2D eigenvalue weighted by molar-refractivity contribution is 0.384. The maximum atomic E-state index is 14.0. The average molecular weight is 446 g/mol. The van der Waals surface area contributed by atoms with Crippen LogP contribution in [0.15, 0.2) is 59.4 Å². The van der Waals surface area contributed by atoms with Crippen molar-refractivity contribution in [2.75, 3.05) is 20.6 Å². The van der Waals surface area contributed by atoms with E-state index in [2.05, 4.69) is 4.98 Å². The van der Waals surface area contributed by atoms with E-state index in [4.69, 9.17) is 0 Å². The van der Waals surface area contributed by atoms with Crippen molar-refractivity contribution >= 4 is 22.7 Å². The number of nitrogens with one attached hydrogen (secondary N) is 1. The van der Waals surface area contributed by atoms with Crippen LogP contribution in [0.3, 0.4) is 0 Å². The van der Waals surface area contributed by atoms with Gasteiger partial charge >= 0.3 is 5.69 Å². The number of aromatic amines is 1. The van der Waals surface area contributed by atoms with E-state index >= 15 is 0 Å². The van der Waals surface area contributed by atoms with E-state index in [1.165, 1.54) is 12.1 Å². The minimum absolute atomic E-state index is 0.132. The fourth-order valence-corrected chi connectivity index (χ4v) is 4.59. The van der Waals surface area contributed by atoms with Crippen LogP contribution in [-0.2, 0) is 19.4 Å². The summed E-state index contributed by atoms with van der Waals surface area (Å²) in [7, 11) is 3.95. The lowest BCUT2D eigenvalue weighted by atomic mass is 9.92. The van der Waals surface area contributed by atoms with E-state index in [9.17, 15) is 13.6 Å². The van der Waals surface area contributed by atoms with Gasteiger partial charge in [0.05, 0.1) is 11.0 Å². The summed E-state index contributed by atoms with van der Waals surface area (Å²) in [6.07, 6.45) is 3.32. The second-order valence-electron chi connectivity index (χ2n) is 8.82. The van der Waals surface area contributed by atoms with E-state index in [0.717, 1.165) is 51.0 Å². The van der Waals surface area contributed by atoms with E-state index < -0.39 is 0 Å². The normalized spacial score (nSPS) is 13.2. The Morgan fingerprint density at radius 1 is 0.939 bits per heavy atom. The van der Waals surface area contributed by atoms with Crippen LogP contribution in [0.5, 0.6) is 0 Å². The molecule has 0 saturated carbocycles. The summed E-state index contributed by atoms with van der Waals surface area (Å²) in [5.74, 6) is -0.549. The van der Waals surface area contributed by atoms with Gasteiger partial charge in [0.1, 0.15) is 11.6 Å². The molecule has 5 rings (SSSR count). The fraction of sp³-hybridized carbons (Fsp3) is 0.222. The van der Waals surface area contributed by atoms with Gasteiger partial charge in [-0.05, 0) is 103 Å². The molecule has 168 valence electrons. The van der Waals surface area contributed by atoms with Gasteiger partial charge in [-0.1, -0.05) is 18.2 Å². The quantitative estimate of drug-likeness (QED) is 0.488.